The SMILES string of the molecule is Cc1cc(NC(=O)c2cccc(Cl)c2Cl)cc(C)c1Br. The van der Waals surface area contributed by atoms with Crippen molar-refractivity contribution in [3.05, 3.63) is 61.5 Å². The van der Waals surface area contributed by atoms with Crippen molar-refractivity contribution in [2.45, 2.75) is 13.8 Å². The van der Waals surface area contributed by atoms with E-state index < -0.39 is 0 Å². The van der Waals surface area contributed by atoms with E-state index in [-0.39, 0.29) is 10.9 Å². The van der Waals surface area contributed by atoms with Gasteiger partial charge in [0.15, 0.2) is 0 Å². The monoisotopic (exact) mass is 371 g/mol. The minimum Gasteiger partial charge on any atom is -0.322 e. The molecule has 20 heavy (non-hydrogen) atoms. The topological polar surface area (TPSA) is 29.1 Å². The number of hydrogen-bond acceptors (Lipinski definition) is 1. The van der Waals surface area contributed by atoms with E-state index in [4.69, 9.17) is 23.2 Å². The van der Waals surface area contributed by atoms with Gasteiger partial charge in [-0.1, -0.05) is 45.2 Å². The molecule has 0 saturated carbocycles. The maximum Gasteiger partial charge on any atom is 0.257 e. The molecule has 1 amide bonds. The van der Waals surface area contributed by atoms with Crippen LogP contribution in [0.15, 0.2) is 34.8 Å². The summed E-state index contributed by atoms with van der Waals surface area (Å²) < 4.78 is 1.04. The van der Waals surface area contributed by atoms with Crippen LogP contribution in [0.3, 0.4) is 0 Å². The molecular formula is C15H12BrCl2NO. The first-order valence-electron chi connectivity index (χ1n) is 5.92. The minimum absolute atomic E-state index is 0.261. The third kappa shape index (κ3) is 3.17. The molecule has 0 unspecified atom stereocenters. The highest BCUT2D eigenvalue weighted by atomic mass is 79.9. The Hall–Kier alpha value is -1.03. The van der Waals surface area contributed by atoms with Crippen LogP contribution >= 0.6 is 39.1 Å². The van der Waals surface area contributed by atoms with Crippen LogP contribution in [0, 0.1) is 13.8 Å². The molecule has 0 aliphatic carbocycles. The van der Waals surface area contributed by atoms with Crippen LogP contribution in [-0.4, -0.2) is 5.91 Å². The number of aryl methyl sites for hydroxylation is 2. The second-order valence-corrected chi connectivity index (χ2v) is 6.06. The lowest BCUT2D eigenvalue weighted by molar-refractivity contribution is 0.102. The fourth-order valence-corrected chi connectivity index (χ4v) is 2.51. The summed E-state index contributed by atoms with van der Waals surface area (Å²) in [7, 11) is 0. The molecule has 0 bridgehead atoms. The van der Waals surface area contributed by atoms with Gasteiger partial charge < -0.3 is 5.32 Å². The van der Waals surface area contributed by atoms with Gasteiger partial charge in [-0.05, 0) is 49.2 Å². The normalized spacial score (nSPS) is 10.4. The largest absolute Gasteiger partial charge is 0.322 e. The summed E-state index contributed by atoms with van der Waals surface area (Å²) in [6, 6.07) is 8.78. The molecule has 104 valence electrons. The van der Waals surface area contributed by atoms with E-state index >= 15 is 0 Å². The third-order valence-corrected chi connectivity index (χ3v) is 4.96. The Bertz CT molecular complexity index is 663. The Morgan fingerprint density at radius 1 is 1.15 bits per heavy atom. The van der Waals surface area contributed by atoms with Crippen molar-refractivity contribution in [2.24, 2.45) is 0 Å². The molecule has 2 aromatic rings. The Morgan fingerprint density at radius 3 is 2.35 bits per heavy atom. The van der Waals surface area contributed by atoms with Crippen LogP contribution in [-0.2, 0) is 0 Å². The molecular weight excluding hydrogens is 361 g/mol. The van der Waals surface area contributed by atoms with Crippen molar-refractivity contribution in [1.82, 2.24) is 0 Å². The summed E-state index contributed by atoms with van der Waals surface area (Å²) >= 11 is 15.5. The van der Waals surface area contributed by atoms with Crippen LogP contribution in [0.25, 0.3) is 0 Å². The first-order chi connectivity index (χ1) is 9.40. The average Bonchev–Trinajstić information content (AvgIpc) is 2.39. The van der Waals surface area contributed by atoms with E-state index in [9.17, 15) is 4.79 Å². The first-order valence-corrected chi connectivity index (χ1v) is 7.47. The van der Waals surface area contributed by atoms with Crippen molar-refractivity contribution in [3.8, 4) is 0 Å². The number of carbonyl (C=O) groups excluding carboxylic acids is 1. The summed E-state index contributed by atoms with van der Waals surface area (Å²) in [6.45, 7) is 3.94. The van der Waals surface area contributed by atoms with Crippen LogP contribution < -0.4 is 5.32 Å². The van der Waals surface area contributed by atoms with Gasteiger partial charge in [0, 0.05) is 10.2 Å². The Morgan fingerprint density at radius 2 is 1.75 bits per heavy atom. The predicted molar refractivity (Wildman–Crippen MR) is 88.0 cm³/mol. The summed E-state index contributed by atoms with van der Waals surface area (Å²) in [5.41, 5.74) is 3.19. The van der Waals surface area contributed by atoms with Gasteiger partial charge in [-0.3, -0.25) is 4.79 Å². The van der Waals surface area contributed by atoms with Crippen LogP contribution in [0.2, 0.25) is 10.0 Å². The lowest BCUT2D eigenvalue weighted by Crippen LogP contribution is -2.13. The zero-order valence-corrected chi connectivity index (χ0v) is 14.0. The van der Waals surface area contributed by atoms with Gasteiger partial charge in [-0.15, -0.1) is 0 Å². The highest BCUT2D eigenvalue weighted by molar-refractivity contribution is 9.10. The Balaban J connectivity index is 2.30. The van der Waals surface area contributed by atoms with E-state index in [1.807, 2.05) is 26.0 Å². The molecule has 0 atom stereocenters. The molecule has 0 spiro atoms. The molecule has 0 fully saturated rings. The summed E-state index contributed by atoms with van der Waals surface area (Å²) in [5, 5.41) is 3.46. The van der Waals surface area contributed by atoms with E-state index in [0.29, 0.717) is 10.6 Å². The van der Waals surface area contributed by atoms with Crippen molar-refractivity contribution in [1.29, 1.82) is 0 Å². The molecule has 5 heteroatoms. The number of benzene rings is 2. The fourth-order valence-electron chi connectivity index (χ4n) is 1.90. The molecule has 0 aromatic heterocycles. The van der Waals surface area contributed by atoms with E-state index in [2.05, 4.69) is 21.2 Å². The third-order valence-electron chi connectivity index (χ3n) is 2.89. The quantitative estimate of drug-likeness (QED) is 0.727. The molecule has 1 N–H and O–H groups in total. The second kappa shape index (κ2) is 6.17. The van der Waals surface area contributed by atoms with Crippen LogP contribution in [0.4, 0.5) is 5.69 Å². The molecule has 2 nitrogen and oxygen atoms in total. The number of nitrogens with one attached hydrogen (secondary N) is 1. The Labute approximate surface area is 136 Å². The number of rotatable bonds is 2. The zero-order valence-electron chi connectivity index (χ0n) is 10.9. The van der Waals surface area contributed by atoms with Gasteiger partial charge in [0.25, 0.3) is 5.91 Å². The van der Waals surface area contributed by atoms with Gasteiger partial charge in [0.1, 0.15) is 0 Å². The van der Waals surface area contributed by atoms with Gasteiger partial charge in [-0.25, -0.2) is 0 Å². The first kappa shape index (κ1) is 15.4. The van der Waals surface area contributed by atoms with Crippen molar-refractivity contribution in [2.75, 3.05) is 5.32 Å². The summed E-state index contributed by atoms with van der Waals surface area (Å²) in [5.74, 6) is -0.279. The molecule has 0 aliphatic rings. The highest BCUT2D eigenvalue weighted by Gasteiger charge is 2.13. The smallest absolute Gasteiger partial charge is 0.257 e. The van der Waals surface area contributed by atoms with E-state index in [0.717, 1.165) is 21.3 Å². The van der Waals surface area contributed by atoms with Gasteiger partial charge in [-0.2, -0.15) is 0 Å². The summed E-state index contributed by atoms with van der Waals surface area (Å²) in [6.07, 6.45) is 0. The number of amides is 1. The zero-order chi connectivity index (χ0) is 14.9. The standard InChI is InChI=1S/C15H12BrCl2NO/c1-8-6-10(7-9(2)13(8)16)19-15(20)11-4-3-5-12(17)14(11)18/h3-7H,1-2H3,(H,19,20). The van der Waals surface area contributed by atoms with Gasteiger partial charge in [0.05, 0.1) is 15.6 Å². The van der Waals surface area contributed by atoms with Crippen LogP contribution in [0.1, 0.15) is 21.5 Å². The lowest BCUT2D eigenvalue weighted by atomic mass is 10.1. The van der Waals surface area contributed by atoms with E-state index in [1.54, 1.807) is 18.2 Å². The van der Waals surface area contributed by atoms with Crippen molar-refractivity contribution >= 4 is 50.7 Å². The number of carbonyl (C=O) groups is 1. The van der Waals surface area contributed by atoms with E-state index in [1.165, 1.54) is 0 Å². The molecule has 2 rings (SSSR count). The molecule has 0 saturated heterocycles. The fraction of sp³-hybridized carbons (Fsp3) is 0.133. The lowest BCUT2D eigenvalue weighted by Gasteiger charge is -2.11. The molecule has 0 heterocycles. The van der Waals surface area contributed by atoms with Crippen molar-refractivity contribution in [3.63, 3.8) is 0 Å². The predicted octanol–water partition coefficient (Wildman–Crippen LogP) is 5.63. The summed E-state index contributed by atoms with van der Waals surface area (Å²) in [4.78, 5) is 12.2. The Kier molecular flexibility index (Phi) is 4.74. The highest BCUT2D eigenvalue weighted by Crippen LogP contribution is 2.28. The molecule has 0 radical (unpaired) electrons. The number of hydrogen-bond donors (Lipinski definition) is 1. The molecule has 2 aromatic carbocycles. The van der Waals surface area contributed by atoms with Crippen LogP contribution in [0.5, 0.6) is 0 Å². The average molecular weight is 373 g/mol. The minimum atomic E-state index is -0.279. The number of anilines is 1. The van der Waals surface area contributed by atoms with Gasteiger partial charge in [0.2, 0.25) is 0 Å². The molecule has 0 aliphatic heterocycles. The maximum absolute atomic E-state index is 12.2. The second-order valence-electron chi connectivity index (χ2n) is 4.48. The maximum atomic E-state index is 12.2. The number of halogens is 3. The van der Waals surface area contributed by atoms with Gasteiger partial charge >= 0.3 is 0 Å². The van der Waals surface area contributed by atoms with Crippen molar-refractivity contribution < 1.29 is 4.79 Å².